The van der Waals surface area contributed by atoms with Gasteiger partial charge in [-0.1, -0.05) is 43.9 Å². The van der Waals surface area contributed by atoms with Crippen LogP contribution >= 0.6 is 11.3 Å². The number of aromatic nitrogens is 3. The third-order valence-corrected chi connectivity index (χ3v) is 14.7. The molecule has 0 bridgehead atoms. The van der Waals surface area contributed by atoms with E-state index in [1.807, 2.05) is 36.6 Å². The molecule has 18 heteroatoms. The topological polar surface area (TPSA) is 194 Å². The summed E-state index contributed by atoms with van der Waals surface area (Å²) in [7, 11) is -1.58. The molecule has 0 spiro atoms. The smallest absolute Gasteiger partial charge is 0.408 e. The molecular formula is C44H62N8O8S2. The van der Waals surface area contributed by atoms with E-state index >= 15 is 0 Å². The number of hydrogen-bond donors (Lipinski definition) is 3. The summed E-state index contributed by atoms with van der Waals surface area (Å²) in [5.74, 6) is -1.99. The Morgan fingerprint density at radius 1 is 1.05 bits per heavy atom. The van der Waals surface area contributed by atoms with Crippen molar-refractivity contribution in [2.24, 2.45) is 5.92 Å². The molecule has 0 radical (unpaired) electrons. The van der Waals surface area contributed by atoms with E-state index in [9.17, 15) is 27.6 Å². The third-order valence-electron chi connectivity index (χ3n) is 12.4. The van der Waals surface area contributed by atoms with Crippen molar-refractivity contribution in [2.45, 2.75) is 153 Å². The van der Waals surface area contributed by atoms with Gasteiger partial charge < -0.3 is 25.0 Å². The average Bonchev–Trinajstić information content (AvgIpc) is 3.78. The molecule has 16 nitrogen and oxygen atoms in total. The normalized spacial score (nSPS) is 25.8. The van der Waals surface area contributed by atoms with Gasteiger partial charge >= 0.3 is 16.3 Å². The monoisotopic (exact) mass is 894 g/mol. The highest BCUT2D eigenvalue weighted by Gasteiger charge is 2.62. The number of fused-ring (bicyclic) bond motifs is 3. The number of nitrogens with zero attached hydrogens (tertiary/aromatic N) is 5. The molecule has 7 rings (SSSR count). The van der Waals surface area contributed by atoms with Crippen LogP contribution in [0.3, 0.4) is 0 Å². The number of aryl methyl sites for hydroxylation is 1. The van der Waals surface area contributed by atoms with Crippen LogP contribution in [0.25, 0.3) is 21.6 Å². The quantitative estimate of drug-likeness (QED) is 0.206. The lowest BCUT2D eigenvalue weighted by molar-refractivity contribution is -0.141. The van der Waals surface area contributed by atoms with Gasteiger partial charge in [0.1, 0.15) is 39.9 Å². The van der Waals surface area contributed by atoms with Gasteiger partial charge in [-0.15, -0.1) is 11.3 Å². The van der Waals surface area contributed by atoms with E-state index in [1.54, 1.807) is 32.1 Å². The molecule has 4 heterocycles. The number of allylic oxidation sites excluding steroid dienone is 1. The van der Waals surface area contributed by atoms with Gasteiger partial charge in [0.05, 0.1) is 17.8 Å². The number of thiazole rings is 1. The number of carbonyl (C=O) groups is 4. The molecule has 1 saturated heterocycles. The lowest BCUT2D eigenvalue weighted by Gasteiger charge is -2.30. The van der Waals surface area contributed by atoms with Crippen molar-refractivity contribution >= 4 is 56.4 Å². The summed E-state index contributed by atoms with van der Waals surface area (Å²) in [5, 5.41) is 8.74. The van der Waals surface area contributed by atoms with E-state index in [1.165, 1.54) is 31.8 Å². The summed E-state index contributed by atoms with van der Waals surface area (Å²) >= 11 is 1.62. The molecule has 62 heavy (non-hydrogen) atoms. The fraction of sp³-hybridized carbons (Fsp3) is 0.636. The number of hydrogen-bond acceptors (Lipinski definition) is 11. The molecule has 3 fully saturated rings. The number of ether oxygens (including phenoxy) is 2. The highest BCUT2D eigenvalue weighted by atomic mass is 32.2. The van der Waals surface area contributed by atoms with Crippen molar-refractivity contribution in [3.05, 3.63) is 40.9 Å². The number of benzene rings is 1. The Kier molecular flexibility index (Phi) is 13.1. The molecule has 338 valence electrons. The second-order valence-electron chi connectivity index (χ2n) is 18.8. The fourth-order valence-electron chi connectivity index (χ4n) is 8.97. The minimum Gasteiger partial charge on any atom is -0.459 e. The van der Waals surface area contributed by atoms with Crippen molar-refractivity contribution in [1.82, 2.24) is 39.1 Å². The summed E-state index contributed by atoms with van der Waals surface area (Å²) in [4.78, 5) is 68.0. The highest BCUT2D eigenvalue weighted by molar-refractivity contribution is 7.87. The van der Waals surface area contributed by atoms with Crippen LogP contribution in [0.1, 0.15) is 128 Å². The van der Waals surface area contributed by atoms with Gasteiger partial charge in [0.15, 0.2) is 0 Å². The fourth-order valence-corrected chi connectivity index (χ4v) is 10.6. The van der Waals surface area contributed by atoms with Crippen molar-refractivity contribution in [1.29, 1.82) is 0 Å². The van der Waals surface area contributed by atoms with E-state index in [0.29, 0.717) is 31.2 Å². The molecule has 2 aliphatic heterocycles. The van der Waals surface area contributed by atoms with E-state index < -0.39 is 69.3 Å². The van der Waals surface area contributed by atoms with Gasteiger partial charge in [-0.2, -0.15) is 17.7 Å². The van der Waals surface area contributed by atoms with Gasteiger partial charge in [0.25, 0.3) is 11.9 Å². The van der Waals surface area contributed by atoms with Crippen molar-refractivity contribution in [2.75, 3.05) is 20.6 Å². The van der Waals surface area contributed by atoms with Gasteiger partial charge in [-0.25, -0.2) is 14.5 Å². The Labute approximate surface area is 368 Å². The van der Waals surface area contributed by atoms with Gasteiger partial charge in [-0.05, 0) is 91.7 Å². The summed E-state index contributed by atoms with van der Waals surface area (Å²) in [6, 6.07) is 2.20. The molecule has 0 unspecified atom stereocenters. The van der Waals surface area contributed by atoms with Crippen LogP contribution in [0.4, 0.5) is 4.79 Å². The van der Waals surface area contributed by atoms with E-state index in [4.69, 9.17) is 19.4 Å². The highest BCUT2D eigenvalue weighted by Crippen LogP contribution is 2.46. The number of imidazole rings is 1. The number of alkyl carbamates (subject to hydrolysis) is 1. The Hall–Kier alpha value is -4.55. The van der Waals surface area contributed by atoms with Gasteiger partial charge in [-0.3, -0.25) is 19.0 Å². The van der Waals surface area contributed by atoms with E-state index in [-0.39, 0.29) is 25.4 Å². The lowest BCUT2D eigenvalue weighted by Crippen LogP contribution is -2.58. The second-order valence-corrected chi connectivity index (χ2v) is 21.5. The van der Waals surface area contributed by atoms with Gasteiger partial charge in [0, 0.05) is 49.3 Å². The summed E-state index contributed by atoms with van der Waals surface area (Å²) in [5.41, 5.74) is 2.34. The molecule has 4 aliphatic rings. The Balaban J connectivity index is 1.23. The minimum atomic E-state index is -4.18. The van der Waals surface area contributed by atoms with Crippen LogP contribution in [0.15, 0.2) is 29.7 Å². The largest absolute Gasteiger partial charge is 0.459 e. The van der Waals surface area contributed by atoms with E-state index in [0.717, 1.165) is 62.9 Å². The maximum Gasteiger partial charge on any atom is 0.408 e. The predicted molar refractivity (Wildman–Crippen MR) is 237 cm³/mol. The molecule has 1 aromatic carbocycles. The molecule has 3 aromatic rings. The first-order valence-corrected chi connectivity index (χ1v) is 24.3. The SMILES string of the molecule is Cc1ccc2c(nc(O[C@@H]3C[C@H]4C(=O)N[C@]5(C(=O)NS(=O)(=O)N(C)C)C[C@H]5/C=C\CCCCC[C@H](NC(=O)OC(C)(C)C)C(=O)N4C3)n2C(C)C)c1-c1nc(C2CCCC2)cs1. The number of nitrogens with one attached hydrogen (secondary N) is 3. The zero-order valence-electron chi connectivity index (χ0n) is 37.2. The first kappa shape index (κ1) is 45.5. The first-order valence-electron chi connectivity index (χ1n) is 22.0. The van der Waals surface area contributed by atoms with Gasteiger partial charge in [0.2, 0.25) is 11.8 Å². The molecular weight excluding hydrogens is 833 g/mol. The summed E-state index contributed by atoms with van der Waals surface area (Å²) < 4.78 is 43.0. The van der Waals surface area contributed by atoms with Crippen LogP contribution in [0.2, 0.25) is 0 Å². The zero-order chi connectivity index (χ0) is 44.7. The average molecular weight is 895 g/mol. The Morgan fingerprint density at radius 2 is 1.77 bits per heavy atom. The maximum absolute atomic E-state index is 14.7. The Bertz CT molecular complexity index is 2330. The number of rotatable bonds is 9. The van der Waals surface area contributed by atoms with Crippen molar-refractivity contribution < 1.29 is 37.1 Å². The molecule has 2 aromatic heterocycles. The lowest BCUT2D eigenvalue weighted by atomic mass is 10.0. The van der Waals surface area contributed by atoms with Crippen LogP contribution < -0.4 is 20.1 Å². The number of amides is 4. The molecule has 5 atom stereocenters. The molecule has 2 saturated carbocycles. The molecule has 3 N–H and O–H groups in total. The molecule has 2 aliphatic carbocycles. The van der Waals surface area contributed by atoms with Crippen LogP contribution in [0, 0.1) is 12.8 Å². The van der Waals surface area contributed by atoms with Crippen LogP contribution in [-0.4, -0.2) is 106 Å². The zero-order valence-corrected chi connectivity index (χ0v) is 38.8. The summed E-state index contributed by atoms with van der Waals surface area (Å²) in [6.45, 7) is 11.3. The third kappa shape index (κ3) is 9.66. The summed E-state index contributed by atoms with van der Waals surface area (Å²) in [6.07, 6.45) is 10.4. The molecule has 4 amide bonds. The van der Waals surface area contributed by atoms with Crippen molar-refractivity contribution in [3.63, 3.8) is 0 Å². The Morgan fingerprint density at radius 3 is 2.47 bits per heavy atom. The standard InChI is InChI=1S/C44H62N8O8S2/c1-26(2)52-33-21-20-27(3)35(38-45-32(25-61-38)28-16-14-15-17-28)36(33)47-41(52)59-30-22-34-37(53)48-44(40(55)49-62(57,58)50(7)8)23-29(44)18-12-10-9-11-13-19-31(39(54)51(34)24-30)46-42(56)60-43(4,5)6/h12,18,20-21,25-26,28-31,34H,9-11,13-17,19,22-24H2,1-8H3,(H,46,56)(H,48,53)(H,49,55)/b18-12-/t29-,30-,31+,34+,44-/m1/s1. The first-order chi connectivity index (χ1) is 29.3. The van der Waals surface area contributed by atoms with E-state index in [2.05, 4.69) is 33.7 Å². The van der Waals surface area contributed by atoms with Crippen LogP contribution in [-0.2, 0) is 29.3 Å². The van der Waals surface area contributed by atoms with Crippen molar-refractivity contribution in [3.8, 4) is 16.6 Å². The maximum atomic E-state index is 14.7. The second kappa shape index (κ2) is 17.9. The number of carbonyl (C=O) groups excluding carboxylic acids is 4. The predicted octanol–water partition coefficient (Wildman–Crippen LogP) is 6.27. The minimum absolute atomic E-state index is 0.0225. The van der Waals surface area contributed by atoms with Crippen LogP contribution in [0.5, 0.6) is 6.01 Å².